The van der Waals surface area contributed by atoms with Crippen LogP contribution in [0.25, 0.3) is 0 Å². The Hall–Kier alpha value is -1.16. The van der Waals surface area contributed by atoms with Crippen LogP contribution >= 0.6 is 0 Å². The Morgan fingerprint density at radius 3 is 2.95 bits per heavy atom. The molecule has 2 unspecified atom stereocenters. The lowest BCUT2D eigenvalue weighted by Crippen LogP contribution is -2.51. The second-order valence-electron chi connectivity index (χ2n) is 6.25. The summed E-state index contributed by atoms with van der Waals surface area (Å²) in [6, 6.07) is 8.70. The maximum atomic E-state index is 6.14. The summed E-state index contributed by atoms with van der Waals surface area (Å²) >= 11 is 0. The van der Waals surface area contributed by atoms with E-state index < -0.39 is 0 Å². The van der Waals surface area contributed by atoms with Crippen LogP contribution in [-0.2, 0) is 10.3 Å². The monoisotopic (exact) mass is 288 g/mol. The van der Waals surface area contributed by atoms with Crippen LogP contribution in [0.2, 0.25) is 0 Å². The molecular weight excluding hydrogens is 260 g/mol. The molecule has 0 radical (unpaired) electrons. The van der Waals surface area contributed by atoms with E-state index in [2.05, 4.69) is 43.1 Å². The molecule has 116 valence electrons. The van der Waals surface area contributed by atoms with Gasteiger partial charge in [0.15, 0.2) is 0 Å². The standard InChI is InChI=1S/C18H28N2O/c1-14(2)12-21-11-10-20-18(13-19)9-8-15(3)16-6-4-5-7-17(16)18/h4-7,15,20H,1,8-13,19H2,2-3H3. The molecular formula is C18H28N2O. The van der Waals surface area contributed by atoms with E-state index in [-0.39, 0.29) is 5.54 Å². The highest BCUT2D eigenvalue weighted by Gasteiger charge is 2.36. The molecule has 0 heterocycles. The second kappa shape index (κ2) is 7.21. The molecule has 21 heavy (non-hydrogen) atoms. The lowest BCUT2D eigenvalue weighted by molar-refractivity contribution is 0.144. The fourth-order valence-electron chi connectivity index (χ4n) is 3.19. The van der Waals surface area contributed by atoms with Gasteiger partial charge < -0.3 is 15.8 Å². The summed E-state index contributed by atoms with van der Waals surface area (Å²) in [6.45, 7) is 10.9. The largest absolute Gasteiger partial charge is 0.376 e. The summed E-state index contributed by atoms with van der Waals surface area (Å²) in [4.78, 5) is 0. The van der Waals surface area contributed by atoms with Crippen molar-refractivity contribution in [3.05, 3.63) is 47.5 Å². The minimum absolute atomic E-state index is 0.102. The summed E-state index contributed by atoms with van der Waals surface area (Å²) in [6.07, 6.45) is 2.26. The van der Waals surface area contributed by atoms with Crippen LogP contribution in [0.1, 0.15) is 43.7 Å². The highest BCUT2D eigenvalue weighted by Crippen LogP contribution is 2.40. The molecule has 3 heteroatoms. The van der Waals surface area contributed by atoms with Gasteiger partial charge in [-0.25, -0.2) is 0 Å². The van der Waals surface area contributed by atoms with Crippen LogP contribution in [0, 0.1) is 0 Å². The van der Waals surface area contributed by atoms with Gasteiger partial charge in [-0.1, -0.05) is 43.3 Å². The Balaban J connectivity index is 2.04. The van der Waals surface area contributed by atoms with Crippen LogP contribution in [-0.4, -0.2) is 26.3 Å². The minimum atomic E-state index is -0.102. The Labute approximate surface area is 128 Å². The molecule has 0 aliphatic heterocycles. The van der Waals surface area contributed by atoms with Gasteiger partial charge >= 0.3 is 0 Å². The van der Waals surface area contributed by atoms with Gasteiger partial charge in [-0.05, 0) is 36.8 Å². The minimum Gasteiger partial charge on any atom is -0.376 e. The fraction of sp³-hybridized carbons (Fsp3) is 0.556. The van der Waals surface area contributed by atoms with Crippen molar-refractivity contribution >= 4 is 0 Å². The number of rotatable bonds is 7. The van der Waals surface area contributed by atoms with Crippen LogP contribution in [0.3, 0.4) is 0 Å². The number of fused-ring (bicyclic) bond motifs is 1. The van der Waals surface area contributed by atoms with Gasteiger partial charge in [0.05, 0.1) is 18.8 Å². The zero-order chi connectivity index (χ0) is 15.3. The summed E-state index contributed by atoms with van der Waals surface area (Å²) in [5.74, 6) is 0.613. The quantitative estimate of drug-likeness (QED) is 0.599. The lowest BCUT2D eigenvalue weighted by Gasteiger charge is -2.41. The molecule has 0 aromatic heterocycles. The van der Waals surface area contributed by atoms with Crippen molar-refractivity contribution in [2.24, 2.45) is 5.73 Å². The predicted octanol–water partition coefficient (Wildman–Crippen LogP) is 2.92. The first-order chi connectivity index (χ1) is 10.1. The molecule has 0 fully saturated rings. The maximum absolute atomic E-state index is 6.14. The van der Waals surface area contributed by atoms with Gasteiger partial charge in [-0.15, -0.1) is 0 Å². The Morgan fingerprint density at radius 2 is 2.24 bits per heavy atom. The van der Waals surface area contributed by atoms with Crippen molar-refractivity contribution in [3.63, 3.8) is 0 Å². The molecule has 0 spiro atoms. The number of nitrogens with two attached hydrogens (primary N) is 1. The molecule has 1 aromatic carbocycles. The SMILES string of the molecule is C=C(C)COCCNC1(CN)CCC(C)c2ccccc21. The lowest BCUT2D eigenvalue weighted by atomic mass is 9.72. The van der Waals surface area contributed by atoms with Crippen LogP contribution < -0.4 is 11.1 Å². The first-order valence-electron chi connectivity index (χ1n) is 7.85. The van der Waals surface area contributed by atoms with E-state index in [1.165, 1.54) is 17.5 Å². The van der Waals surface area contributed by atoms with Crippen LogP contribution in [0.5, 0.6) is 0 Å². The van der Waals surface area contributed by atoms with E-state index in [9.17, 15) is 0 Å². The van der Waals surface area contributed by atoms with Crippen molar-refractivity contribution in [2.45, 2.75) is 38.1 Å². The molecule has 2 atom stereocenters. The molecule has 0 saturated heterocycles. The predicted molar refractivity (Wildman–Crippen MR) is 88.5 cm³/mol. The normalized spacial score (nSPS) is 24.6. The van der Waals surface area contributed by atoms with Gasteiger partial charge in [0.25, 0.3) is 0 Å². The maximum Gasteiger partial charge on any atom is 0.0672 e. The summed E-state index contributed by atoms with van der Waals surface area (Å²) in [5.41, 5.74) is 9.90. The second-order valence-corrected chi connectivity index (χ2v) is 6.25. The van der Waals surface area contributed by atoms with E-state index >= 15 is 0 Å². The molecule has 3 nitrogen and oxygen atoms in total. The van der Waals surface area contributed by atoms with Gasteiger partial charge in [-0.2, -0.15) is 0 Å². The number of ether oxygens (including phenoxy) is 1. The highest BCUT2D eigenvalue weighted by molar-refractivity contribution is 5.39. The molecule has 0 amide bonds. The Morgan fingerprint density at radius 1 is 1.48 bits per heavy atom. The zero-order valence-electron chi connectivity index (χ0n) is 13.3. The Bertz CT molecular complexity index is 486. The van der Waals surface area contributed by atoms with Gasteiger partial charge in [0, 0.05) is 13.1 Å². The smallest absolute Gasteiger partial charge is 0.0672 e. The summed E-state index contributed by atoms with van der Waals surface area (Å²) in [7, 11) is 0. The number of benzene rings is 1. The number of nitrogens with one attached hydrogen (secondary N) is 1. The van der Waals surface area contributed by atoms with Crippen molar-refractivity contribution < 1.29 is 4.74 Å². The molecule has 1 aliphatic carbocycles. The van der Waals surface area contributed by atoms with Crippen molar-refractivity contribution in [1.82, 2.24) is 5.32 Å². The fourth-order valence-corrected chi connectivity index (χ4v) is 3.19. The van der Waals surface area contributed by atoms with E-state index in [4.69, 9.17) is 10.5 Å². The van der Waals surface area contributed by atoms with E-state index in [0.717, 1.165) is 18.5 Å². The third kappa shape index (κ3) is 3.73. The third-order valence-electron chi connectivity index (χ3n) is 4.42. The molecule has 1 aromatic rings. The van der Waals surface area contributed by atoms with Crippen LogP contribution in [0.4, 0.5) is 0 Å². The van der Waals surface area contributed by atoms with Crippen LogP contribution in [0.15, 0.2) is 36.4 Å². The van der Waals surface area contributed by atoms with Gasteiger partial charge in [0.1, 0.15) is 0 Å². The zero-order valence-corrected chi connectivity index (χ0v) is 13.3. The summed E-state index contributed by atoms with van der Waals surface area (Å²) < 4.78 is 5.58. The third-order valence-corrected chi connectivity index (χ3v) is 4.42. The van der Waals surface area contributed by atoms with Gasteiger partial charge in [-0.3, -0.25) is 0 Å². The summed E-state index contributed by atoms with van der Waals surface area (Å²) in [5, 5.41) is 3.66. The van der Waals surface area contributed by atoms with Gasteiger partial charge in [0.2, 0.25) is 0 Å². The first-order valence-corrected chi connectivity index (χ1v) is 7.85. The van der Waals surface area contributed by atoms with Crippen molar-refractivity contribution in [1.29, 1.82) is 0 Å². The first kappa shape index (κ1) is 16.2. The number of hydrogen-bond acceptors (Lipinski definition) is 3. The van der Waals surface area contributed by atoms with E-state index in [1.54, 1.807) is 0 Å². The molecule has 1 aliphatic rings. The highest BCUT2D eigenvalue weighted by atomic mass is 16.5. The average molecular weight is 288 g/mol. The topological polar surface area (TPSA) is 47.3 Å². The van der Waals surface area contributed by atoms with Crippen molar-refractivity contribution in [3.8, 4) is 0 Å². The molecule has 0 bridgehead atoms. The number of hydrogen-bond donors (Lipinski definition) is 2. The molecule has 0 saturated carbocycles. The Kier molecular flexibility index (Phi) is 5.57. The van der Waals surface area contributed by atoms with E-state index in [0.29, 0.717) is 25.7 Å². The average Bonchev–Trinajstić information content (AvgIpc) is 2.49. The molecule has 2 rings (SSSR count). The van der Waals surface area contributed by atoms with Crippen molar-refractivity contribution in [2.75, 3.05) is 26.3 Å². The van der Waals surface area contributed by atoms with E-state index in [1.807, 2.05) is 6.92 Å². The molecule has 3 N–H and O–H groups in total.